The Bertz CT molecular complexity index is 1140. The highest BCUT2D eigenvalue weighted by Gasteiger charge is 2.13. The number of benzene rings is 2. The number of nitrogens with one attached hydrogen (secondary N) is 2. The molecule has 3 rings (SSSR count). The van der Waals surface area contributed by atoms with Gasteiger partial charge >= 0.3 is 0 Å². The van der Waals surface area contributed by atoms with Crippen LogP contribution in [0.3, 0.4) is 0 Å². The van der Waals surface area contributed by atoms with Crippen molar-refractivity contribution in [1.82, 2.24) is 14.5 Å². The smallest absolute Gasteiger partial charge is 0.253 e. The highest BCUT2D eigenvalue weighted by Crippen LogP contribution is 2.21. The van der Waals surface area contributed by atoms with Crippen LogP contribution in [0.15, 0.2) is 42.5 Å². The zero-order chi connectivity index (χ0) is 21.2. The number of rotatable bonds is 7. The lowest BCUT2D eigenvalue weighted by atomic mass is 10.2. The maximum atomic E-state index is 12.6. The summed E-state index contributed by atoms with van der Waals surface area (Å²) >= 11 is 0. The number of carbonyl (C=O) groups is 1. The number of fused-ring (bicyclic) bond motifs is 1. The fraction of sp³-hybridized carbons (Fsp3) is 0.300. The number of para-hydroxylation sites is 1. The molecule has 1 heterocycles. The molecule has 2 N–H and O–H groups in total. The maximum absolute atomic E-state index is 12.6. The number of nitrogens with zero attached hydrogens (tertiary/aromatic N) is 3. The Morgan fingerprint density at radius 1 is 1.17 bits per heavy atom. The zero-order valence-corrected chi connectivity index (χ0v) is 17.7. The van der Waals surface area contributed by atoms with Crippen LogP contribution < -0.4 is 10.0 Å². The molecule has 0 unspecified atom stereocenters. The number of likely N-dealkylation sites (N-methyl/N-ethyl adjacent to an activating group) is 1. The minimum absolute atomic E-state index is 0.140. The molecule has 0 aliphatic heterocycles. The summed E-state index contributed by atoms with van der Waals surface area (Å²) in [4.78, 5) is 18.8. The molecule has 0 radical (unpaired) electrons. The van der Waals surface area contributed by atoms with Crippen molar-refractivity contribution in [2.45, 2.75) is 6.92 Å². The van der Waals surface area contributed by atoms with Crippen LogP contribution in [0.1, 0.15) is 15.9 Å². The number of carbonyl (C=O) groups excluding carboxylic acids is 1. The molecule has 2 aromatic carbocycles. The second kappa shape index (κ2) is 8.12. The molecule has 9 heteroatoms. The largest absolute Gasteiger partial charge is 0.354 e. The number of hydrogen-bond acceptors (Lipinski definition) is 5. The van der Waals surface area contributed by atoms with Crippen molar-refractivity contribution in [2.24, 2.45) is 7.05 Å². The van der Waals surface area contributed by atoms with Gasteiger partial charge in [0.1, 0.15) is 0 Å². The Morgan fingerprint density at radius 2 is 1.86 bits per heavy atom. The van der Waals surface area contributed by atoms with E-state index in [1.54, 1.807) is 36.2 Å². The maximum Gasteiger partial charge on any atom is 0.253 e. The summed E-state index contributed by atoms with van der Waals surface area (Å²) in [5.41, 5.74) is 4.05. The van der Waals surface area contributed by atoms with Crippen molar-refractivity contribution < 1.29 is 13.2 Å². The van der Waals surface area contributed by atoms with E-state index in [0.717, 1.165) is 28.8 Å². The van der Waals surface area contributed by atoms with Crippen LogP contribution in [0.5, 0.6) is 0 Å². The van der Waals surface area contributed by atoms with Gasteiger partial charge in [0.2, 0.25) is 16.0 Å². The molecule has 29 heavy (non-hydrogen) atoms. The van der Waals surface area contributed by atoms with Gasteiger partial charge in [-0.3, -0.25) is 9.52 Å². The molecule has 0 saturated carbocycles. The Hall–Kier alpha value is -3.07. The molecule has 8 nitrogen and oxygen atoms in total. The third-order valence-electron chi connectivity index (χ3n) is 4.63. The summed E-state index contributed by atoms with van der Waals surface area (Å²) in [6.07, 6.45) is 1.08. The molecule has 0 fully saturated rings. The van der Waals surface area contributed by atoms with Crippen LogP contribution in [0, 0.1) is 6.92 Å². The summed E-state index contributed by atoms with van der Waals surface area (Å²) < 4.78 is 26.9. The molecule has 0 atom stereocenters. The molecule has 0 aliphatic carbocycles. The average molecular weight is 416 g/mol. The van der Waals surface area contributed by atoms with Crippen molar-refractivity contribution in [3.8, 4) is 0 Å². The minimum Gasteiger partial charge on any atom is -0.354 e. The van der Waals surface area contributed by atoms with Crippen molar-refractivity contribution >= 4 is 38.6 Å². The summed E-state index contributed by atoms with van der Waals surface area (Å²) in [7, 11) is 0.342. The molecule has 1 aromatic heterocycles. The number of anilines is 2. The summed E-state index contributed by atoms with van der Waals surface area (Å²) in [6, 6.07) is 12.4. The SMILES string of the molecule is Cc1cccc2c1nc(NCCN(C)C(=O)c1ccc(NS(C)(=O)=O)cc1)n2C. The van der Waals surface area contributed by atoms with Gasteiger partial charge in [-0.05, 0) is 42.8 Å². The number of amides is 1. The highest BCUT2D eigenvalue weighted by molar-refractivity contribution is 7.92. The van der Waals surface area contributed by atoms with Gasteiger partial charge in [0, 0.05) is 38.4 Å². The van der Waals surface area contributed by atoms with Crippen LogP contribution in [0.25, 0.3) is 11.0 Å². The second-order valence-corrected chi connectivity index (χ2v) is 8.79. The lowest BCUT2D eigenvalue weighted by molar-refractivity contribution is 0.0800. The minimum atomic E-state index is -3.34. The molecule has 0 aliphatic rings. The van der Waals surface area contributed by atoms with E-state index in [1.165, 1.54) is 0 Å². The standard InChI is InChI=1S/C20H25N5O3S/c1-14-6-5-7-17-18(14)22-20(25(17)3)21-12-13-24(2)19(26)15-8-10-16(11-9-15)23-29(4,27)28/h5-11,23H,12-13H2,1-4H3,(H,21,22). The summed E-state index contributed by atoms with van der Waals surface area (Å²) in [5, 5.41) is 3.28. The predicted octanol–water partition coefficient (Wildman–Crippen LogP) is 2.44. The van der Waals surface area contributed by atoms with Gasteiger partial charge in [-0.15, -0.1) is 0 Å². The number of aryl methyl sites for hydroxylation is 2. The Morgan fingerprint density at radius 3 is 2.48 bits per heavy atom. The molecule has 3 aromatic rings. The van der Waals surface area contributed by atoms with E-state index in [1.807, 2.05) is 36.7 Å². The van der Waals surface area contributed by atoms with E-state index in [4.69, 9.17) is 0 Å². The first-order chi connectivity index (χ1) is 13.7. The molecule has 0 spiro atoms. The van der Waals surface area contributed by atoms with E-state index < -0.39 is 10.0 Å². The van der Waals surface area contributed by atoms with Crippen molar-refractivity contribution in [3.05, 3.63) is 53.6 Å². The molecular formula is C20H25N5O3S. The van der Waals surface area contributed by atoms with E-state index in [-0.39, 0.29) is 5.91 Å². The van der Waals surface area contributed by atoms with Crippen LogP contribution in [0.4, 0.5) is 11.6 Å². The molecular weight excluding hydrogens is 390 g/mol. The first-order valence-corrected chi connectivity index (χ1v) is 11.0. The van der Waals surface area contributed by atoms with Gasteiger partial charge in [-0.1, -0.05) is 12.1 Å². The normalized spacial score (nSPS) is 11.4. The van der Waals surface area contributed by atoms with Crippen LogP contribution in [-0.4, -0.2) is 55.2 Å². The summed E-state index contributed by atoms with van der Waals surface area (Å²) in [5.74, 6) is 0.616. The number of aromatic nitrogens is 2. The molecule has 1 amide bonds. The van der Waals surface area contributed by atoms with Gasteiger partial charge in [0.25, 0.3) is 5.91 Å². The number of hydrogen-bond donors (Lipinski definition) is 2. The fourth-order valence-corrected chi connectivity index (χ4v) is 3.63. The van der Waals surface area contributed by atoms with Crippen LogP contribution in [0.2, 0.25) is 0 Å². The molecule has 0 saturated heterocycles. The van der Waals surface area contributed by atoms with Crippen LogP contribution >= 0.6 is 0 Å². The lowest BCUT2D eigenvalue weighted by Crippen LogP contribution is -2.31. The number of sulfonamides is 1. The van der Waals surface area contributed by atoms with Crippen LogP contribution in [-0.2, 0) is 17.1 Å². The zero-order valence-electron chi connectivity index (χ0n) is 16.9. The second-order valence-electron chi connectivity index (χ2n) is 7.04. The van der Waals surface area contributed by atoms with Crippen molar-refractivity contribution in [3.63, 3.8) is 0 Å². The lowest BCUT2D eigenvalue weighted by Gasteiger charge is -2.18. The highest BCUT2D eigenvalue weighted by atomic mass is 32.2. The Balaban J connectivity index is 1.59. The van der Waals surface area contributed by atoms with Gasteiger partial charge in [0.05, 0.1) is 17.3 Å². The Labute approximate surface area is 170 Å². The molecule has 154 valence electrons. The first kappa shape index (κ1) is 20.7. The topological polar surface area (TPSA) is 96.3 Å². The monoisotopic (exact) mass is 415 g/mol. The van der Waals surface area contributed by atoms with Gasteiger partial charge in [-0.2, -0.15) is 0 Å². The third kappa shape index (κ3) is 4.86. The van der Waals surface area contributed by atoms with E-state index in [9.17, 15) is 13.2 Å². The van der Waals surface area contributed by atoms with E-state index >= 15 is 0 Å². The van der Waals surface area contributed by atoms with Crippen molar-refractivity contribution in [1.29, 1.82) is 0 Å². The van der Waals surface area contributed by atoms with Gasteiger partial charge in [-0.25, -0.2) is 13.4 Å². The van der Waals surface area contributed by atoms with E-state index in [0.29, 0.717) is 24.3 Å². The quantitative estimate of drug-likeness (QED) is 0.618. The van der Waals surface area contributed by atoms with E-state index in [2.05, 4.69) is 15.0 Å². The third-order valence-corrected chi connectivity index (χ3v) is 5.23. The van der Waals surface area contributed by atoms with Gasteiger partial charge < -0.3 is 14.8 Å². The first-order valence-electron chi connectivity index (χ1n) is 9.15. The average Bonchev–Trinajstić information content (AvgIpc) is 2.98. The summed E-state index contributed by atoms with van der Waals surface area (Å²) in [6.45, 7) is 3.07. The Kier molecular flexibility index (Phi) is 5.78. The number of imidazole rings is 1. The fourth-order valence-electron chi connectivity index (χ4n) is 3.06. The van der Waals surface area contributed by atoms with Gasteiger partial charge in [0.15, 0.2) is 0 Å². The molecule has 0 bridgehead atoms. The predicted molar refractivity (Wildman–Crippen MR) is 116 cm³/mol. The van der Waals surface area contributed by atoms with Crippen molar-refractivity contribution in [2.75, 3.05) is 36.4 Å².